The number of aromatic nitrogens is 2. The number of nitrogens with zero attached hydrogens (tertiary/aromatic N) is 5. The number of hydrogen-bond donors (Lipinski definition) is 0. The molecule has 0 saturated carbocycles. The Hall–Kier alpha value is -4.27. The van der Waals surface area contributed by atoms with Crippen molar-refractivity contribution in [1.82, 2.24) is 9.66 Å². The normalized spacial score (nSPS) is 13.8. The minimum atomic E-state index is -0.265. The molecule has 5 rings (SSSR count). The predicted octanol–water partition coefficient (Wildman–Crippen LogP) is 8.78. The van der Waals surface area contributed by atoms with Gasteiger partial charge in [-0.25, -0.2) is 9.98 Å². The van der Waals surface area contributed by atoms with Gasteiger partial charge < -0.3 is 14.4 Å². The summed E-state index contributed by atoms with van der Waals surface area (Å²) in [7, 11) is 1.69. The number of para-hydroxylation sites is 1. The molecule has 0 aliphatic carbocycles. The van der Waals surface area contributed by atoms with Gasteiger partial charge in [0.05, 0.1) is 24.1 Å². The van der Waals surface area contributed by atoms with E-state index in [1.807, 2.05) is 55.5 Å². The number of ether oxygens (including phenoxy) is 2. The largest absolute Gasteiger partial charge is 0.493 e. The molecule has 0 radical (unpaired) electrons. The molecule has 1 atom stereocenters. The fraction of sp³-hybridized carbons (Fsp3) is 0.385. The molecule has 0 fully saturated rings. The van der Waals surface area contributed by atoms with E-state index in [1.165, 1.54) is 36.0 Å². The summed E-state index contributed by atoms with van der Waals surface area (Å²) in [5, 5.41) is 5.42. The molecule has 2 heterocycles. The summed E-state index contributed by atoms with van der Waals surface area (Å²) in [6.07, 6.45) is 5.67. The first-order valence-corrected chi connectivity index (χ1v) is 17.3. The molecular weight excluding hydrogens is 622 g/mol. The average molecular weight is 668 g/mol. The van der Waals surface area contributed by atoms with Crippen LogP contribution < -0.4 is 15.2 Å². The Labute approximate surface area is 289 Å². The van der Waals surface area contributed by atoms with Crippen LogP contribution in [0, 0.1) is 13.8 Å². The number of halogens is 1. The Kier molecular flexibility index (Phi) is 11.8. The lowest BCUT2D eigenvalue weighted by Crippen LogP contribution is -2.24. The van der Waals surface area contributed by atoms with E-state index in [2.05, 4.69) is 37.8 Å². The smallest absolute Gasteiger partial charge is 0.278 e. The lowest BCUT2D eigenvalue weighted by Gasteiger charge is -2.24. The molecule has 0 amide bonds. The third kappa shape index (κ3) is 7.88. The topological polar surface area (TPSA) is 81.3 Å². The van der Waals surface area contributed by atoms with Crippen molar-refractivity contribution in [3.63, 3.8) is 0 Å². The number of rotatable bonds is 15. The molecule has 252 valence electrons. The minimum Gasteiger partial charge on any atom is -0.493 e. The van der Waals surface area contributed by atoms with Crippen LogP contribution in [0.25, 0.3) is 11.3 Å². The summed E-state index contributed by atoms with van der Waals surface area (Å²) in [5.74, 6) is 1.02. The van der Waals surface area contributed by atoms with Crippen LogP contribution in [0.3, 0.4) is 0 Å². The molecule has 4 aromatic rings. The Morgan fingerprint density at radius 2 is 1.81 bits per heavy atom. The van der Waals surface area contributed by atoms with Crippen molar-refractivity contribution in [3.8, 4) is 17.0 Å². The van der Waals surface area contributed by atoms with Crippen LogP contribution in [0.1, 0.15) is 75.4 Å². The second-order valence-electron chi connectivity index (χ2n) is 12.2. The highest BCUT2D eigenvalue weighted by atomic mass is 35.5. The first-order valence-electron chi connectivity index (χ1n) is 16.9. The van der Waals surface area contributed by atoms with Crippen molar-refractivity contribution in [2.75, 3.05) is 31.7 Å². The number of benzene rings is 3. The van der Waals surface area contributed by atoms with Crippen molar-refractivity contribution >= 4 is 34.4 Å². The highest BCUT2D eigenvalue weighted by Crippen LogP contribution is 2.31. The third-order valence-electron chi connectivity index (χ3n) is 8.79. The number of fused-ring (bicyclic) bond motifs is 1. The number of hydrogen-bond acceptors (Lipinski definition) is 7. The van der Waals surface area contributed by atoms with Crippen LogP contribution in [-0.4, -0.2) is 54.0 Å². The van der Waals surface area contributed by atoms with Crippen molar-refractivity contribution < 1.29 is 9.47 Å². The molecule has 3 aromatic carbocycles. The lowest BCUT2D eigenvalue weighted by molar-refractivity contribution is 0.0955. The van der Waals surface area contributed by atoms with Gasteiger partial charge in [0, 0.05) is 54.0 Å². The van der Waals surface area contributed by atoms with Gasteiger partial charge in [-0.1, -0.05) is 62.1 Å². The Bertz CT molecular complexity index is 1870. The number of aliphatic imine (C=N–C) groups is 1. The summed E-state index contributed by atoms with van der Waals surface area (Å²) < 4.78 is 13.0. The monoisotopic (exact) mass is 667 g/mol. The van der Waals surface area contributed by atoms with Crippen molar-refractivity contribution in [2.45, 2.75) is 72.8 Å². The molecule has 1 aliphatic rings. The number of unbranched alkanes of at least 4 members (excludes halogenated alkanes) is 3. The zero-order valence-electron chi connectivity index (χ0n) is 28.9. The number of aryl methyl sites for hydroxylation is 1. The first-order chi connectivity index (χ1) is 23.2. The van der Waals surface area contributed by atoms with E-state index in [0.29, 0.717) is 45.9 Å². The molecular formula is C39H46ClN5O3. The van der Waals surface area contributed by atoms with E-state index >= 15 is 0 Å². The van der Waals surface area contributed by atoms with E-state index in [-0.39, 0.29) is 11.7 Å². The van der Waals surface area contributed by atoms with Gasteiger partial charge in [0.1, 0.15) is 17.2 Å². The highest BCUT2D eigenvalue weighted by molar-refractivity contribution is 6.54. The van der Waals surface area contributed by atoms with Crippen molar-refractivity contribution in [2.24, 2.45) is 10.1 Å². The van der Waals surface area contributed by atoms with Crippen LogP contribution in [0.15, 0.2) is 81.6 Å². The minimum absolute atomic E-state index is 0.0592. The molecule has 1 unspecified atom stereocenters. The Morgan fingerprint density at radius 3 is 2.54 bits per heavy atom. The van der Waals surface area contributed by atoms with E-state index in [4.69, 9.17) is 36.2 Å². The van der Waals surface area contributed by atoms with E-state index in [0.717, 1.165) is 41.9 Å². The molecule has 0 spiro atoms. The lowest BCUT2D eigenvalue weighted by atomic mass is 10.0. The van der Waals surface area contributed by atoms with Crippen LogP contribution >= 0.6 is 11.6 Å². The zero-order chi connectivity index (χ0) is 34.2. The Morgan fingerprint density at radius 1 is 1.00 bits per heavy atom. The average Bonchev–Trinajstić information content (AvgIpc) is 3.45. The van der Waals surface area contributed by atoms with Crippen LogP contribution in [0.5, 0.6) is 5.75 Å². The maximum atomic E-state index is 13.9. The van der Waals surface area contributed by atoms with E-state index in [1.54, 1.807) is 20.1 Å². The molecule has 8 nitrogen and oxygen atoms in total. The van der Waals surface area contributed by atoms with Gasteiger partial charge in [0.25, 0.3) is 5.56 Å². The maximum Gasteiger partial charge on any atom is 0.278 e. The van der Waals surface area contributed by atoms with Gasteiger partial charge >= 0.3 is 0 Å². The summed E-state index contributed by atoms with van der Waals surface area (Å²) in [4.78, 5) is 26.6. The maximum absolute atomic E-state index is 13.9. The highest BCUT2D eigenvalue weighted by Gasteiger charge is 2.31. The van der Waals surface area contributed by atoms with Gasteiger partial charge in [-0.05, 0) is 82.1 Å². The van der Waals surface area contributed by atoms with Gasteiger partial charge in [-0.15, -0.1) is 0 Å². The Balaban J connectivity index is 1.61. The number of anilines is 1. The van der Waals surface area contributed by atoms with Crippen LogP contribution in [0.2, 0.25) is 5.02 Å². The van der Waals surface area contributed by atoms with Crippen LogP contribution in [0.4, 0.5) is 11.4 Å². The van der Waals surface area contributed by atoms with Gasteiger partial charge in [0.15, 0.2) is 5.82 Å². The molecule has 0 bridgehead atoms. The SMILES string of the molecule is CCCCCCN(CC)c1ccc(N=C2C(c3ccccc3OCCC(C)OC)=Nn3c2nc(-c2cccc(Cl)c2)c(C)c3=O)c(C)c1. The van der Waals surface area contributed by atoms with Gasteiger partial charge in [0.2, 0.25) is 0 Å². The van der Waals surface area contributed by atoms with Crippen molar-refractivity contribution in [1.29, 1.82) is 0 Å². The molecule has 0 N–H and O–H groups in total. The second-order valence-corrected chi connectivity index (χ2v) is 12.7. The third-order valence-corrected chi connectivity index (χ3v) is 9.02. The van der Waals surface area contributed by atoms with Gasteiger partial charge in [-0.3, -0.25) is 4.79 Å². The molecule has 9 heteroatoms. The zero-order valence-corrected chi connectivity index (χ0v) is 29.7. The summed E-state index contributed by atoms with van der Waals surface area (Å²) in [6, 6.07) is 21.5. The van der Waals surface area contributed by atoms with Crippen molar-refractivity contribution in [3.05, 3.63) is 105 Å². The molecule has 0 saturated heterocycles. The molecule has 1 aromatic heterocycles. The van der Waals surface area contributed by atoms with E-state index in [9.17, 15) is 4.79 Å². The quantitative estimate of drug-likeness (QED) is 0.118. The predicted molar refractivity (Wildman–Crippen MR) is 198 cm³/mol. The second kappa shape index (κ2) is 16.2. The van der Waals surface area contributed by atoms with E-state index < -0.39 is 0 Å². The summed E-state index contributed by atoms with van der Waals surface area (Å²) >= 11 is 6.35. The fourth-order valence-electron chi connectivity index (χ4n) is 5.82. The molecule has 48 heavy (non-hydrogen) atoms. The van der Waals surface area contributed by atoms with Gasteiger partial charge in [-0.2, -0.15) is 9.78 Å². The first kappa shape index (κ1) is 35.0. The molecule has 1 aliphatic heterocycles. The fourth-order valence-corrected chi connectivity index (χ4v) is 6.01. The standard InChI is InChI=1S/C39H46ClN5O3/c1-7-9-10-13-22-44(8-2)31-19-20-33(26(3)24-31)41-37-36(32-17-11-12-18-34(32)48-23-21-27(4)47-6)43-45-38(37)42-35(28(5)39(45)46)29-15-14-16-30(40)25-29/h11-12,14-20,24-25,27H,7-10,13,21-23H2,1-6H3. The van der Waals surface area contributed by atoms with Crippen LogP contribution in [-0.2, 0) is 4.74 Å². The summed E-state index contributed by atoms with van der Waals surface area (Å²) in [6.45, 7) is 12.7. The number of methoxy groups -OCH3 is 1. The summed E-state index contributed by atoms with van der Waals surface area (Å²) in [5.41, 5.74) is 6.23.